The summed E-state index contributed by atoms with van der Waals surface area (Å²) in [6, 6.07) is 0. The second-order valence-corrected chi connectivity index (χ2v) is 7.27. The summed E-state index contributed by atoms with van der Waals surface area (Å²) in [5, 5.41) is 29.6. The van der Waals surface area contributed by atoms with Gasteiger partial charge in [0.2, 0.25) is 5.91 Å². The van der Waals surface area contributed by atoms with Gasteiger partial charge in [0, 0.05) is 24.9 Å². The van der Waals surface area contributed by atoms with Crippen molar-refractivity contribution in [3.8, 4) is 0 Å². The third-order valence-corrected chi connectivity index (χ3v) is 5.71. The van der Waals surface area contributed by atoms with Crippen LogP contribution in [0.2, 0.25) is 0 Å². The summed E-state index contributed by atoms with van der Waals surface area (Å²) in [6.07, 6.45) is -0.590. The highest BCUT2D eigenvalue weighted by Gasteiger charge is 2.48. The molecule has 2 fully saturated rings. The molecule has 3 heterocycles. The second kappa shape index (κ2) is 7.36. The molecule has 10 heteroatoms. The number of rotatable bonds is 6. The number of fused-ring (bicyclic) bond motifs is 1. The summed E-state index contributed by atoms with van der Waals surface area (Å²) < 4.78 is 7.11. The minimum Gasteiger partial charge on any atom is -0.394 e. The zero-order valence-electron chi connectivity index (χ0n) is 15.8. The van der Waals surface area contributed by atoms with Crippen molar-refractivity contribution in [1.29, 1.82) is 0 Å². The van der Waals surface area contributed by atoms with Crippen molar-refractivity contribution >= 4 is 17.1 Å². The van der Waals surface area contributed by atoms with Gasteiger partial charge < -0.3 is 25.0 Å². The zero-order chi connectivity index (χ0) is 20.0. The van der Waals surface area contributed by atoms with Crippen LogP contribution in [-0.2, 0) is 9.53 Å². The first kappa shape index (κ1) is 19.2. The number of aliphatic hydroxyl groups is 3. The molecule has 1 amide bonds. The van der Waals surface area contributed by atoms with Gasteiger partial charge in [-0.2, -0.15) is 0 Å². The summed E-state index contributed by atoms with van der Waals surface area (Å²) in [5.74, 6) is 0.0221. The Hall–Kier alpha value is -2.14. The molecule has 0 radical (unpaired) electrons. The highest BCUT2D eigenvalue weighted by molar-refractivity contribution is 5.85. The first-order chi connectivity index (χ1) is 13.5. The van der Waals surface area contributed by atoms with Gasteiger partial charge in [-0.25, -0.2) is 15.0 Å². The number of ether oxygens (including phenoxy) is 1. The fraction of sp³-hybridized carbons (Fsp3) is 0.667. The fourth-order valence-corrected chi connectivity index (χ4v) is 3.98. The summed E-state index contributed by atoms with van der Waals surface area (Å²) in [5.41, 5.74) is 1.72. The second-order valence-electron chi connectivity index (χ2n) is 7.27. The maximum absolute atomic E-state index is 12.6. The maximum atomic E-state index is 12.6. The van der Waals surface area contributed by atoms with E-state index in [9.17, 15) is 20.1 Å². The minimum absolute atomic E-state index is 0.00727. The van der Waals surface area contributed by atoms with Gasteiger partial charge in [0.1, 0.15) is 30.2 Å². The van der Waals surface area contributed by atoms with Gasteiger partial charge in [0.15, 0.2) is 11.9 Å². The predicted octanol–water partition coefficient (Wildman–Crippen LogP) is -0.590. The number of hydrogen-bond donors (Lipinski definition) is 3. The van der Waals surface area contributed by atoms with Crippen LogP contribution < -0.4 is 0 Å². The van der Waals surface area contributed by atoms with Crippen LogP contribution in [0.15, 0.2) is 12.7 Å². The van der Waals surface area contributed by atoms with E-state index in [1.807, 2.05) is 18.7 Å². The lowest BCUT2D eigenvalue weighted by atomic mass is 10.1. The van der Waals surface area contributed by atoms with Crippen LogP contribution in [0.5, 0.6) is 0 Å². The van der Waals surface area contributed by atoms with E-state index in [1.165, 1.54) is 17.2 Å². The van der Waals surface area contributed by atoms with E-state index in [1.54, 1.807) is 0 Å². The Morgan fingerprint density at radius 2 is 2.00 bits per heavy atom. The monoisotopic (exact) mass is 391 g/mol. The van der Waals surface area contributed by atoms with Crippen LogP contribution in [0.3, 0.4) is 0 Å². The number of carbonyl (C=O) groups excluding carboxylic acids is 1. The van der Waals surface area contributed by atoms with Crippen molar-refractivity contribution in [2.75, 3.05) is 19.7 Å². The van der Waals surface area contributed by atoms with Crippen molar-refractivity contribution in [3.05, 3.63) is 18.3 Å². The third kappa shape index (κ3) is 2.96. The summed E-state index contributed by atoms with van der Waals surface area (Å²) in [6.45, 7) is 4.88. The van der Waals surface area contributed by atoms with Crippen LogP contribution in [-0.4, -0.2) is 83.7 Å². The number of aliphatic hydroxyl groups excluding tert-OH is 3. The molecule has 1 saturated heterocycles. The van der Waals surface area contributed by atoms with E-state index in [0.29, 0.717) is 29.9 Å². The smallest absolute Gasteiger partial charge is 0.226 e. The maximum Gasteiger partial charge on any atom is 0.226 e. The molecule has 152 valence electrons. The standard InChI is InChI=1S/C18H25N5O5/c1-3-22(4-2)17(27)10-5-9(10)12-13-16(20-7-19-12)23(8-21-13)18-15(26)14(25)11(6-24)28-18/h7-11,14-15,18,24-26H,3-6H2,1-2H3/t9-,10-,11+,14+,15+,18+/m0/s1. The van der Waals surface area contributed by atoms with Gasteiger partial charge in [-0.3, -0.25) is 9.36 Å². The van der Waals surface area contributed by atoms with Gasteiger partial charge in [0.05, 0.1) is 18.6 Å². The van der Waals surface area contributed by atoms with Crippen LogP contribution in [0.4, 0.5) is 0 Å². The number of imidazole rings is 1. The Morgan fingerprint density at radius 1 is 1.25 bits per heavy atom. The van der Waals surface area contributed by atoms with Crippen LogP contribution in [0, 0.1) is 5.92 Å². The van der Waals surface area contributed by atoms with Crippen molar-refractivity contribution in [3.63, 3.8) is 0 Å². The van der Waals surface area contributed by atoms with Crippen molar-refractivity contribution in [2.24, 2.45) is 5.92 Å². The van der Waals surface area contributed by atoms with Gasteiger partial charge in [0.25, 0.3) is 0 Å². The molecule has 1 aliphatic heterocycles. The number of aromatic nitrogens is 4. The zero-order valence-corrected chi connectivity index (χ0v) is 15.8. The van der Waals surface area contributed by atoms with E-state index in [-0.39, 0.29) is 17.7 Å². The van der Waals surface area contributed by atoms with Gasteiger partial charge in [-0.15, -0.1) is 0 Å². The lowest BCUT2D eigenvalue weighted by molar-refractivity contribution is -0.132. The van der Waals surface area contributed by atoms with E-state index in [2.05, 4.69) is 15.0 Å². The molecule has 2 aromatic heterocycles. The molecule has 4 rings (SSSR count). The molecule has 2 aliphatic rings. The Kier molecular flexibility index (Phi) is 5.04. The van der Waals surface area contributed by atoms with Crippen molar-refractivity contribution in [1.82, 2.24) is 24.4 Å². The van der Waals surface area contributed by atoms with Crippen LogP contribution >= 0.6 is 0 Å². The molecule has 28 heavy (non-hydrogen) atoms. The molecular formula is C18H25N5O5. The SMILES string of the molecule is CCN(CC)C(=O)[C@H]1C[C@@H]1c1ncnc2c1ncn2[C@@H]1O[C@H](CO)[C@@H](O)[C@H]1O. The third-order valence-electron chi connectivity index (χ3n) is 5.71. The number of carbonyl (C=O) groups is 1. The van der Waals surface area contributed by atoms with E-state index in [4.69, 9.17) is 4.74 Å². The number of nitrogens with zero attached hydrogens (tertiary/aromatic N) is 5. The highest BCUT2D eigenvalue weighted by Crippen LogP contribution is 2.49. The Bertz CT molecular complexity index is 869. The van der Waals surface area contributed by atoms with Gasteiger partial charge >= 0.3 is 0 Å². The first-order valence-corrected chi connectivity index (χ1v) is 9.60. The Labute approximate surface area is 161 Å². The minimum atomic E-state index is -1.22. The highest BCUT2D eigenvalue weighted by atomic mass is 16.6. The molecular weight excluding hydrogens is 366 g/mol. The largest absolute Gasteiger partial charge is 0.394 e. The van der Waals surface area contributed by atoms with Crippen LogP contribution in [0.25, 0.3) is 11.2 Å². The average Bonchev–Trinajstić information content (AvgIpc) is 3.31. The molecule has 6 atom stereocenters. The van der Waals surface area contributed by atoms with Crippen LogP contribution in [0.1, 0.15) is 38.1 Å². The normalized spacial score (nSPS) is 32.0. The molecule has 1 saturated carbocycles. The topological polar surface area (TPSA) is 134 Å². The molecule has 3 N–H and O–H groups in total. The van der Waals surface area contributed by atoms with Crippen molar-refractivity contribution < 1.29 is 24.9 Å². The molecule has 10 nitrogen and oxygen atoms in total. The Balaban J connectivity index is 1.61. The lowest BCUT2D eigenvalue weighted by Crippen LogP contribution is -2.33. The first-order valence-electron chi connectivity index (χ1n) is 9.60. The molecule has 0 aromatic carbocycles. The molecule has 2 aromatic rings. The summed E-state index contributed by atoms with van der Waals surface area (Å²) >= 11 is 0. The van der Waals surface area contributed by atoms with E-state index < -0.39 is 31.1 Å². The summed E-state index contributed by atoms with van der Waals surface area (Å²) in [4.78, 5) is 27.4. The lowest BCUT2D eigenvalue weighted by Gasteiger charge is -2.18. The predicted molar refractivity (Wildman–Crippen MR) is 97.1 cm³/mol. The number of amides is 1. The van der Waals surface area contributed by atoms with Gasteiger partial charge in [-0.1, -0.05) is 0 Å². The molecule has 0 spiro atoms. The van der Waals surface area contributed by atoms with Gasteiger partial charge in [-0.05, 0) is 20.3 Å². The molecule has 1 aliphatic carbocycles. The van der Waals surface area contributed by atoms with E-state index in [0.717, 1.165) is 6.42 Å². The molecule has 0 unspecified atom stereocenters. The molecule has 0 bridgehead atoms. The quantitative estimate of drug-likeness (QED) is 0.595. The summed E-state index contributed by atoms with van der Waals surface area (Å²) in [7, 11) is 0. The number of hydrogen-bond acceptors (Lipinski definition) is 8. The van der Waals surface area contributed by atoms with E-state index >= 15 is 0 Å². The Morgan fingerprint density at radius 3 is 2.64 bits per heavy atom. The fourth-order valence-electron chi connectivity index (χ4n) is 3.98. The van der Waals surface area contributed by atoms with Crippen molar-refractivity contribution in [2.45, 2.75) is 50.7 Å². The average molecular weight is 391 g/mol.